The maximum Gasteiger partial charge on any atom is 0.325 e. The molecule has 2 aliphatic carbocycles. The van der Waals surface area contributed by atoms with E-state index >= 15 is 0 Å². The molecule has 1 saturated carbocycles. The van der Waals surface area contributed by atoms with Gasteiger partial charge in [-0.15, -0.1) is 0 Å². The molecule has 6 heteroatoms. The predicted molar refractivity (Wildman–Crippen MR) is 101 cm³/mol. The van der Waals surface area contributed by atoms with Gasteiger partial charge in [-0.05, 0) is 42.7 Å². The van der Waals surface area contributed by atoms with Gasteiger partial charge >= 0.3 is 6.03 Å². The van der Waals surface area contributed by atoms with Gasteiger partial charge in [-0.3, -0.25) is 14.5 Å². The van der Waals surface area contributed by atoms with Gasteiger partial charge in [0.1, 0.15) is 12.1 Å². The van der Waals surface area contributed by atoms with E-state index in [9.17, 15) is 14.4 Å². The number of imide groups is 1. The summed E-state index contributed by atoms with van der Waals surface area (Å²) in [6.07, 6.45) is 8.67. The highest BCUT2D eigenvalue weighted by atomic mass is 16.2. The van der Waals surface area contributed by atoms with Gasteiger partial charge in [0, 0.05) is 6.54 Å². The van der Waals surface area contributed by atoms with Gasteiger partial charge in [0.2, 0.25) is 5.91 Å². The average Bonchev–Trinajstić information content (AvgIpc) is 3.36. The zero-order chi connectivity index (χ0) is 18.9. The lowest BCUT2D eigenvalue weighted by atomic mass is 9.92. The highest BCUT2D eigenvalue weighted by molar-refractivity contribution is 6.09. The number of carbonyl (C=O) groups is 3. The van der Waals surface area contributed by atoms with Gasteiger partial charge in [0.25, 0.3) is 5.91 Å². The molecule has 1 aromatic carbocycles. The van der Waals surface area contributed by atoms with Gasteiger partial charge in [-0.2, -0.15) is 0 Å². The standard InChI is InChI=1S/C21H27N3O3/c25-18(22-13-5-8-15-6-1-2-7-15)14-24-19(26)21(23-20(24)27)12-11-16-9-3-4-10-17(16)21/h3-4,9-10,15H,1-2,5-8,11-14H2,(H,22,25)(H,23,27). The summed E-state index contributed by atoms with van der Waals surface area (Å²) in [5.41, 5.74) is 0.961. The van der Waals surface area contributed by atoms with E-state index in [1.54, 1.807) is 0 Å². The molecule has 1 heterocycles. The maximum absolute atomic E-state index is 13.0. The molecular formula is C21H27N3O3. The molecule has 1 saturated heterocycles. The Bertz CT molecular complexity index is 757. The number of carbonyl (C=O) groups excluding carboxylic acids is 3. The first-order valence-corrected chi connectivity index (χ1v) is 10.1. The zero-order valence-corrected chi connectivity index (χ0v) is 15.6. The number of rotatable bonds is 6. The Hall–Kier alpha value is -2.37. The summed E-state index contributed by atoms with van der Waals surface area (Å²) in [5, 5.41) is 5.71. The molecule has 2 fully saturated rings. The third-order valence-corrected chi connectivity index (χ3v) is 6.31. The number of hydrogen-bond donors (Lipinski definition) is 2. The van der Waals surface area contributed by atoms with Crippen LogP contribution in [-0.2, 0) is 21.5 Å². The fourth-order valence-electron chi connectivity index (χ4n) is 4.85. The molecule has 0 bridgehead atoms. The molecule has 1 spiro atoms. The summed E-state index contributed by atoms with van der Waals surface area (Å²) in [6, 6.07) is 7.23. The number of amides is 4. The van der Waals surface area contributed by atoms with E-state index in [0.717, 1.165) is 41.2 Å². The minimum Gasteiger partial charge on any atom is -0.355 e. The number of fused-ring (bicyclic) bond motifs is 2. The lowest BCUT2D eigenvalue weighted by molar-refractivity contribution is -0.135. The van der Waals surface area contributed by atoms with Crippen molar-refractivity contribution in [3.63, 3.8) is 0 Å². The van der Waals surface area contributed by atoms with Crippen LogP contribution in [0, 0.1) is 5.92 Å². The molecule has 6 nitrogen and oxygen atoms in total. The number of hydrogen-bond acceptors (Lipinski definition) is 3. The molecule has 0 aromatic heterocycles. The second-order valence-electron chi connectivity index (χ2n) is 8.03. The van der Waals surface area contributed by atoms with E-state index in [2.05, 4.69) is 10.6 Å². The van der Waals surface area contributed by atoms with E-state index in [-0.39, 0.29) is 18.4 Å². The summed E-state index contributed by atoms with van der Waals surface area (Å²) in [7, 11) is 0. The van der Waals surface area contributed by atoms with Gasteiger partial charge in [-0.1, -0.05) is 49.9 Å². The monoisotopic (exact) mass is 369 g/mol. The number of nitrogens with one attached hydrogen (secondary N) is 2. The first kappa shape index (κ1) is 18.0. The predicted octanol–water partition coefficient (Wildman–Crippen LogP) is 2.47. The van der Waals surface area contributed by atoms with Crippen LogP contribution in [0.3, 0.4) is 0 Å². The Morgan fingerprint density at radius 3 is 2.81 bits per heavy atom. The average molecular weight is 369 g/mol. The van der Waals surface area contributed by atoms with Crippen LogP contribution in [0.4, 0.5) is 4.79 Å². The van der Waals surface area contributed by atoms with Gasteiger partial charge < -0.3 is 10.6 Å². The molecule has 1 aliphatic heterocycles. The van der Waals surface area contributed by atoms with Crippen molar-refractivity contribution < 1.29 is 14.4 Å². The van der Waals surface area contributed by atoms with Crippen LogP contribution in [0.15, 0.2) is 24.3 Å². The van der Waals surface area contributed by atoms with Crippen molar-refractivity contribution in [1.29, 1.82) is 0 Å². The van der Waals surface area contributed by atoms with Crippen molar-refractivity contribution >= 4 is 17.8 Å². The van der Waals surface area contributed by atoms with Crippen LogP contribution < -0.4 is 10.6 Å². The SMILES string of the molecule is O=C(CN1C(=O)NC2(CCc3ccccc32)C1=O)NCCCC1CCCC1. The molecule has 4 amide bonds. The molecule has 1 aromatic rings. The Labute approximate surface area is 159 Å². The van der Waals surface area contributed by atoms with E-state index < -0.39 is 11.6 Å². The van der Waals surface area contributed by atoms with Crippen molar-refractivity contribution in [2.75, 3.05) is 13.1 Å². The third-order valence-electron chi connectivity index (χ3n) is 6.31. The molecule has 4 rings (SSSR count). The Morgan fingerprint density at radius 2 is 2.00 bits per heavy atom. The highest BCUT2D eigenvalue weighted by Gasteiger charge is 2.55. The number of aryl methyl sites for hydroxylation is 1. The topological polar surface area (TPSA) is 78.5 Å². The largest absolute Gasteiger partial charge is 0.355 e. The van der Waals surface area contributed by atoms with Crippen LogP contribution in [0.1, 0.15) is 56.1 Å². The zero-order valence-electron chi connectivity index (χ0n) is 15.6. The van der Waals surface area contributed by atoms with Crippen LogP contribution in [0.5, 0.6) is 0 Å². The lowest BCUT2D eigenvalue weighted by Crippen LogP contribution is -2.44. The van der Waals surface area contributed by atoms with E-state index in [4.69, 9.17) is 0 Å². The molecule has 2 N–H and O–H groups in total. The van der Waals surface area contributed by atoms with Crippen LogP contribution in [0.2, 0.25) is 0 Å². The first-order valence-electron chi connectivity index (χ1n) is 10.1. The molecule has 144 valence electrons. The van der Waals surface area contributed by atoms with Crippen molar-refractivity contribution in [3.8, 4) is 0 Å². The molecule has 1 unspecified atom stereocenters. The van der Waals surface area contributed by atoms with Crippen molar-refractivity contribution in [2.24, 2.45) is 5.92 Å². The van der Waals surface area contributed by atoms with Gasteiger partial charge in [0.05, 0.1) is 0 Å². The van der Waals surface area contributed by atoms with Gasteiger partial charge in [-0.25, -0.2) is 4.79 Å². The fourth-order valence-corrected chi connectivity index (χ4v) is 4.85. The van der Waals surface area contributed by atoms with Crippen LogP contribution >= 0.6 is 0 Å². The van der Waals surface area contributed by atoms with Gasteiger partial charge in [0.15, 0.2) is 0 Å². The molecular weight excluding hydrogens is 342 g/mol. The highest BCUT2D eigenvalue weighted by Crippen LogP contribution is 2.41. The molecule has 1 atom stereocenters. The summed E-state index contributed by atoms with van der Waals surface area (Å²) >= 11 is 0. The first-order chi connectivity index (χ1) is 13.1. The molecule has 0 radical (unpaired) electrons. The summed E-state index contributed by atoms with van der Waals surface area (Å²) in [4.78, 5) is 38.7. The fraction of sp³-hybridized carbons (Fsp3) is 0.571. The van der Waals surface area contributed by atoms with E-state index in [0.29, 0.717) is 13.0 Å². The Morgan fingerprint density at radius 1 is 1.22 bits per heavy atom. The van der Waals surface area contributed by atoms with E-state index in [1.807, 2.05) is 24.3 Å². The number of nitrogens with zero attached hydrogens (tertiary/aromatic N) is 1. The summed E-state index contributed by atoms with van der Waals surface area (Å²) in [6.45, 7) is 0.394. The number of benzene rings is 1. The van der Waals surface area contributed by atoms with Crippen molar-refractivity contribution in [3.05, 3.63) is 35.4 Å². The molecule has 3 aliphatic rings. The second-order valence-corrected chi connectivity index (χ2v) is 8.03. The lowest BCUT2D eigenvalue weighted by Gasteiger charge is -2.22. The van der Waals surface area contributed by atoms with Crippen LogP contribution in [-0.4, -0.2) is 35.8 Å². The Balaban J connectivity index is 1.32. The smallest absolute Gasteiger partial charge is 0.325 e. The Kier molecular flexibility index (Phi) is 4.89. The third kappa shape index (κ3) is 3.33. The number of urea groups is 1. The quantitative estimate of drug-likeness (QED) is 0.597. The maximum atomic E-state index is 13.0. The second kappa shape index (κ2) is 7.33. The van der Waals surface area contributed by atoms with Crippen LogP contribution in [0.25, 0.3) is 0 Å². The van der Waals surface area contributed by atoms with Crippen molar-refractivity contribution in [2.45, 2.75) is 56.9 Å². The summed E-state index contributed by atoms with van der Waals surface area (Å²) in [5.74, 6) is 0.224. The van der Waals surface area contributed by atoms with E-state index in [1.165, 1.54) is 25.7 Å². The molecule has 27 heavy (non-hydrogen) atoms. The minimum absolute atomic E-state index is 0.210. The minimum atomic E-state index is -0.990. The normalized spacial score (nSPS) is 24.5. The van der Waals surface area contributed by atoms with Crippen molar-refractivity contribution in [1.82, 2.24) is 15.5 Å². The summed E-state index contributed by atoms with van der Waals surface area (Å²) < 4.78 is 0.